The second-order valence-electron chi connectivity index (χ2n) is 6.04. The van der Waals surface area contributed by atoms with Gasteiger partial charge in [-0.3, -0.25) is 4.79 Å². The molecule has 0 spiro atoms. The van der Waals surface area contributed by atoms with E-state index in [1.54, 1.807) is 0 Å². The van der Waals surface area contributed by atoms with E-state index in [2.05, 4.69) is 29.6 Å². The Labute approximate surface area is 131 Å². The third kappa shape index (κ3) is 3.48. The van der Waals surface area contributed by atoms with Gasteiger partial charge in [0.15, 0.2) is 0 Å². The summed E-state index contributed by atoms with van der Waals surface area (Å²) in [5, 5.41) is 3.13. The summed E-state index contributed by atoms with van der Waals surface area (Å²) in [5.41, 5.74) is 9.09. The van der Waals surface area contributed by atoms with Gasteiger partial charge in [0, 0.05) is 18.2 Å². The van der Waals surface area contributed by atoms with Crippen molar-refractivity contribution >= 4 is 11.6 Å². The van der Waals surface area contributed by atoms with Gasteiger partial charge in [-0.2, -0.15) is 0 Å². The average Bonchev–Trinajstić information content (AvgIpc) is 2.50. The number of hydrogen-bond acceptors (Lipinski definition) is 2. The smallest absolute Gasteiger partial charge is 0.220 e. The molecule has 1 aliphatic rings. The van der Waals surface area contributed by atoms with Crippen LogP contribution < -0.4 is 11.1 Å². The second kappa shape index (κ2) is 6.65. The lowest BCUT2D eigenvalue weighted by atomic mass is 9.76. The van der Waals surface area contributed by atoms with E-state index in [-0.39, 0.29) is 5.91 Å². The summed E-state index contributed by atoms with van der Waals surface area (Å²) in [6.07, 6.45) is 3.29. The van der Waals surface area contributed by atoms with E-state index in [1.165, 1.54) is 5.56 Å². The van der Waals surface area contributed by atoms with Crippen LogP contribution in [-0.4, -0.2) is 11.9 Å². The Kier molecular flexibility index (Phi) is 4.42. The summed E-state index contributed by atoms with van der Waals surface area (Å²) in [5.74, 6) is 0.719. The first-order valence-corrected chi connectivity index (χ1v) is 7.90. The predicted octanol–water partition coefficient (Wildman–Crippen LogP) is 3.26. The molecule has 1 saturated carbocycles. The molecule has 3 rings (SSSR count). The first-order valence-electron chi connectivity index (χ1n) is 7.90. The lowest BCUT2D eigenvalue weighted by molar-refractivity contribution is -0.122. The van der Waals surface area contributed by atoms with Crippen molar-refractivity contribution < 1.29 is 4.79 Å². The Morgan fingerprint density at radius 2 is 1.73 bits per heavy atom. The van der Waals surface area contributed by atoms with Crippen molar-refractivity contribution in [2.24, 2.45) is 0 Å². The molecule has 0 saturated heterocycles. The lowest BCUT2D eigenvalue weighted by Crippen LogP contribution is -2.43. The lowest BCUT2D eigenvalue weighted by Gasteiger charge is -2.36. The standard InChI is InChI=1S/C19H22N2O/c20-18-9-5-4-8-15(18)10-11-19(22)21-17-12-16(13-17)14-6-2-1-3-7-14/h1-9,16-17H,10-13,20H2,(H,21,22). The summed E-state index contributed by atoms with van der Waals surface area (Å²) in [6, 6.07) is 18.6. The first kappa shape index (κ1) is 14.6. The molecule has 3 nitrogen and oxygen atoms in total. The van der Waals surface area contributed by atoms with Gasteiger partial charge in [0.1, 0.15) is 0 Å². The molecule has 3 heteroatoms. The second-order valence-corrected chi connectivity index (χ2v) is 6.04. The minimum Gasteiger partial charge on any atom is -0.399 e. The highest BCUT2D eigenvalue weighted by Gasteiger charge is 2.30. The fourth-order valence-corrected chi connectivity index (χ4v) is 3.04. The van der Waals surface area contributed by atoms with Crippen LogP contribution in [0.1, 0.15) is 36.3 Å². The highest BCUT2D eigenvalue weighted by Crippen LogP contribution is 2.36. The highest BCUT2D eigenvalue weighted by atomic mass is 16.1. The summed E-state index contributed by atoms with van der Waals surface area (Å²) in [7, 11) is 0. The van der Waals surface area contributed by atoms with Crippen LogP contribution in [-0.2, 0) is 11.2 Å². The van der Waals surface area contributed by atoms with E-state index in [4.69, 9.17) is 5.73 Å². The number of aryl methyl sites for hydroxylation is 1. The Morgan fingerprint density at radius 1 is 1.05 bits per heavy atom. The van der Waals surface area contributed by atoms with Crippen molar-refractivity contribution in [3.8, 4) is 0 Å². The molecular formula is C19H22N2O. The fraction of sp³-hybridized carbons (Fsp3) is 0.316. The van der Waals surface area contributed by atoms with Gasteiger partial charge < -0.3 is 11.1 Å². The van der Waals surface area contributed by atoms with Gasteiger partial charge in [-0.05, 0) is 42.4 Å². The maximum absolute atomic E-state index is 12.0. The number of anilines is 1. The molecule has 0 bridgehead atoms. The monoisotopic (exact) mass is 294 g/mol. The van der Waals surface area contributed by atoms with Crippen molar-refractivity contribution in [1.82, 2.24) is 5.32 Å². The summed E-state index contributed by atoms with van der Waals surface area (Å²) in [6.45, 7) is 0. The van der Waals surface area contributed by atoms with Crippen LogP contribution in [0.3, 0.4) is 0 Å². The van der Waals surface area contributed by atoms with Gasteiger partial charge in [-0.25, -0.2) is 0 Å². The molecule has 0 unspecified atom stereocenters. The molecule has 1 fully saturated rings. The van der Waals surface area contributed by atoms with E-state index in [1.807, 2.05) is 30.3 Å². The van der Waals surface area contributed by atoms with Gasteiger partial charge >= 0.3 is 0 Å². The number of nitrogens with two attached hydrogens (primary N) is 1. The molecular weight excluding hydrogens is 272 g/mol. The number of hydrogen-bond donors (Lipinski definition) is 2. The van der Waals surface area contributed by atoms with Crippen molar-refractivity contribution in [3.05, 3.63) is 65.7 Å². The minimum atomic E-state index is 0.125. The van der Waals surface area contributed by atoms with E-state index >= 15 is 0 Å². The van der Waals surface area contributed by atoms with Crippen LogP contribution in [0.25, 0.3) is 0 Å². The van der Waals surface area contributed by atoms with Crippen LogP contribution in [0.15, 0.2) is 54.6 Å². The quantitative estimate of drug-likeness (QED) is 0.832. The number of nitrogen functional groups attached to an aromatic ring is 1. The number of nitrogens with one attached hydrogen (secondary N) is 1. The van der Waals surface area contributed by atoms with Crippen LogP contribution in [0, 0.1) is 0 Å². The third-order valence-electron chi connectivity index (χ3n) is 4.45. The van der Waals surface area contributed by atoms with Gasteiger partial charge in [0.25, 0.3) is 0 Å². The van der Waals surface area contributed by atoms with Crippen molar-refractivity contribution in [2.75, 3.05) is 5.73 Å². The summed E-state index contributed by atoms with van der Waals surface area (Å²) in [4.78, 5) is 12.0. The average molecular weight is 294 g/mol. The molecule has 22 heavy (non-hydrogen) atoms. The van der Waals surface area contributed by atoms with Crippen LogP contribution in [0.2, 0.25) is 0 Å². The van der Waals surface area contributed by atoms with Crippen molar-refractivity contribution in [1.29, 1.82) is 0 Å². The molecule has 0 heterocycles. The van der Waals surface area contributed by atoms with Gasteiger partial charge in [0.05, 0.1) is 0 Å². The molecule has 0 aliphatic heterocycles. The molecule has 114 valence electrons. The zero-order valence-corrected chi connectivity index (χ0v) is 12.7. The third-order valence-corrected chi connectivity index (χ3v) is 4.45. The number of para-hydroxylation sites is 1. The summed E-state index contributed by atoms with van der Waals surface area (Å²) >= 11 is 0. The molecule has 0 atom stereocenters. The summed E-state index contributed by atoms with van der Waals surface area (Å²) < 4.78 is 0. The number of benzene rings is 2. The van der Waals surface area contributed by atoms with E-state index in [9.17, 15) is 4.79 Å². The van der Waals surface area contributed by atoms with Crippen molar-refractivity contribution in [3.63, 3.8) is 0 Å². The van der Waals surface area contributed by atoms with Gasteiger partial charge in [-0.1, -0.05) is 48.5 Å². The molecule has 3 N–H and O–H groups in total. The Hall–Kier alpha value is -2.29. The number of amides is 1. The zero-order valence-electron chi connectivity index (χ0n) is 12.7. The van der Waals surface area contributed by atoms with E-state index in [0.717, 1.165) is 24.1 Å². The van der Waals surface area contributed by atoms with Gasteiger partial charge in [-0.15, -0.1) is 0 Å². The number of rotatable bonds is 5. The van der Waals surface area contributed by atoms with Crippen molar-refractivity contribution in [2.45, 2.75) is 37.6 Å². The molecule has 0 aromatic heterocycles. The largest absolute Gasteiger partial charge is 0.399 e. The number of carbonyl (C=O) groups excluding carboxylic acids is 1. The van der Waals surface area contributed by atoms with E-state index < -0.39 is 0 Å². The molecule has 1 aliphatic carbocycles. The van der Waals surface area contributed by atoms with Crippen LogP contribution >= 0.6 is 0 Å². The Morgan fingerprint density at radius 3 is 2.45 bits per heavy atom. The normalized spacial score (nSPS) is 20.2. The minimum absolute atomic E-state index is 0.125. The predicted molar refractivity (Wildman–Crippen MR) is 89.5 cm³/mol. The zero-order chi connectivity index (χ0) is 15.4. The Bertz CT molecular complexity index is 633. The first-order chi connectivity index (χ1) is 10.7. The van der Waals surface area contributed by atoms with E-state index in [0.29, 0.717) is 24.8 Å². The number of carbonyl (C=O) groups is 1. The fourth-order valence-electron chi connectivity index (χ4n) is 3.04. The molecule has 1 amide bonds. The maximum atomic E-state index is 12.0. The molecule has 2 aromatic rings. The topological polar surface area (TPSA) is 55.1 Å². The molecule has 2 aromatic carbocycles. The highest BCUT2D eigenvalue weighted by molar-refractivity contribution is 5.77. The molecule has 0 radical (unpaired) electrons. The SMILES string of the molecule is Nc1ccccc1CCC(=O)NC1CC(c2ccccc2)C1. The Balaban J connectivity index is 1.42. The van der Waals surface area contributed by atoms with Crippen LogP contribution in [0.4, 0.5) is 5.69 Å². The van der Waals surface area contributed by atoms with Gasteiger partial charge in [0.2, 0.25) is 5.91 Å². The van der Waals surface area contributed by atoms with Crippen LogP contribution in [0.5, 0.6) is 0 Å². The maximum Gasteiger partial charge on any atom is 0.220 e.